The summed E-state index contributed by atoms with van der Waals surface area (Å²) >= 11 is 0. The van der Waals surface area contributed by atoms with E-state index in [2.05, 4.69) is 0 Å². The van der Waals surface area contributed by atoms with Crippen LogP contribution in [0.5, 0.6) is 0 Å². The van der Waals surface area contributed by atoms with Gasteiger partial charge in [0.1, 0.15) is 0 Å². The predicted molar refractivity (Wildman–Crippen MR) is 66.2 cm³/mol. The first-order chi connectivity index (χ1) is 7.50. The third-order valence-corrected chi connectivity index (χ3v) is 2.29. The third-order valence-electron chi connectivity index (χ3n) is 2.29. The Hall–Kier alpha value is -1.49. The zero-order valence-corrected chi connectivity index (χ0v) is 9.68. The first kappa shape index (κ1) is 12.6. The number of amides is 1. The Bertz CT molecular complexity index is 351. The van der Waals surface area contributed by atoms with Gasteiger partial charge < -0.3 is 15.4 Å². The van der Waals surface area contributed by atoms with Gasteiger partial charge in [-0.3, -0.25) is 4.79 Å². The zero-order chi connectivity index (χ0) is 12.1. The normalized spacial score (nSPS) is 10.4. The smallest absolute Gasteiger partial charge is 0.253 e. The molecule has 0 aromatic heterocycles. The van der Waals surface area contributed by atoms with E-state index in [0.717, 1.165) is 0 Å². The van der Waals surface area contributed by atoms with Crippen LogP contribution in [0.3, 0.4) is 0 Å². The summed E-state index contributed by atoms with van der Waals surface area (Å²) in [6, 6.07) is 6.88. The van der Waals surface area contributed by atoms with Crippen LogP contribution in [0.2, 0.25) is 0 Å². The van der Waals surface area contributed by atoms with Gasteiger partial charge in [-0.25, -0.2) is 0 Å². The van der Waals surface area contributed by atoms with Crippen molar-refractivity contribution in [2.75, 3.05) is 32.9 Å². The fourth-order valence-electron chi connectivity index (χ4n) is 1.26. The summed E-state index contributed by atoms with van der Waals surface area (Å²) in [5, 5.41) is 0. The molecule has 5 heteroatoms. The Morgan fingerprint density at radius 2 is 1.81 bits per heavy atom. The Morgan fingerprint density at radius 3 is 2.31 bits per heavy atom. The zero-order valence-electron chi connectivity index (χ0n) is 9.68. The van der Waals surface area contributed by atoms with Crippen molar-refractivity contribution < 1.29 is 4.79 Å². The SMILES string of the molecule is [B]N(C)CCN(C)C(=O)c1ccc(N)cc1. The molecule has 1 amide bonds. The van der Waals surface area contributed by atoms with Crippen molar-refractivity contribution in [3.8, 4) is 0 Å². The number of rotatable bonds is 4. The van der Waals surface area contributed by atoms with Crippen molar-refractivity contribution in [2.24, 2.45) is 0 Å². The Balaban J connectivity index is 2.60. The number of likely N-dealkylation sites (N-methyl/N-ethyl adjacent to an activating group) is 2. The van der Waals surface area contributed by atoms with Crippen LogP contribution in [-0.4, -0.2) is 50.8 Å². The summed E-state index contributed by atoms with van der Waals surface area (Å²) in [4.78, 5) is 15.1. The first-order valence-electron chi connectivity index (χ1n) is 5.07. The minimum absolute atomic E-state index is 0.0261. The monoisotopic (exact) mass is 217 g/mol. The number of nitrogens with two attached hydrogens (primary N) is 1. The van der Waals surface area contributed by atoms with Crippen molar-refractivity contribution in [3.63, 3.8) is 0 Å². The molecule has 1 aromatic rings. The molecule has 0 atom stereocenters. The number of hydrogen-bond acceptors (Lipinski definition) is 3. The number of benzene rings is 1. The van der Waals surface area contributed by atoms with Gasteiger partial charge in [0.05, 0.1) is 0 Å². The second-order valence-electron chi connectivity index (χ2n) is 3.83. The Kier molecular flexibility index (Phi) is 4.37. The molecule has 1 aromatic carbocycles. The van der Waals surface area contributed by atoms with E-state index in [0.29, 0.717) is 24.3 Å². The van der Waals surface area contributed by atoms with E-state index < -0.39 is 0 Å². The summed E-state index contributed by atoms with van der Waals surface area (Å²) in [7, 11) is 9.00. The second kappa shape index (κ2) is 5.56. The van der Waals surface area contributed by atoms with Gasteiger partial charge in [0, 0.05) is 31.4 Å². The van der Waals surface area contributed by atoms with E-state index in [4.69, 9.17) is 13.7 Å². The highest BCUT2D eigenvalue weighted by atomic mass is 16.2. The molecular formula is C11H16BN3O. The maximum atomic E-state index is 11.9. The van der Waals surface area contributed by atoms with Gasteiger partial charge in [0.15, 0.2) is 7.98 Å². The van der Waals surface area contributed by atoms with Gasteiger partial charge in [0.25, 0.3) is 5.91 Å². The van der Waals surface area contributed by atoms with Crippen LogP contribution >= 0.6 is 0 Å². The van der Waals surface area contributed by atoms with Crippen molar-refractivity contribution in [1.29, 1.82) is 0 Å². The molecule has 0 fully saturated rings. The molecule has 16 heavy (non-hydrogen) atoms. The topological polar surface area (TPSA) is 49.6 Å². The molecule has 4 nitrogen and oxygen atoms in total. The van der Waals surface area contributed by atoms with Crippen LogP contribution in [0.25, 0.3) is 0 Å². The highest BCUT2D eigenvalue weighted by Crippen LogP contribution is 2.07. The Labute approximate surface area is 97.5 Å². The standard InChI is InChI=1S/C11H16BN3O/c1-14(7-8-15(2)12)11(16)9-3-5-10(13)6-4-9/h3-6H,7-8,13H2,1-2H3. The van der Waals surface area contributed by atoms with Crippen molar-refractivity contribution in [2.45, 2.75) is 0 Å². The van der Waals surface area contributed by atoms with Gasteiger partial charge in [-0.2, -0.15) is 0 Å². The number of nitrogens with zero attached hydrogens (tertiary/aromatic N) is 2. The van der Waals surface area contributed by atoms with Gasteiger partial charge >= 0.3 is 0 Å². The fourth-order valence-corrected chi connectivity index (χ4v) is 1.26. The van der Waals surface area contributed by atoms with Crippen LogP contribution in [0.4, 0.5) is 5.69 Å². The molecule has 0 spiro atoms. The number of anilines is 1. The largest absolute Gasteiger partial charge is 0.399 e. The van der Waals surface area contributed by atoms with Gasteiger partial charge in [0.2, 0.25) is 0 Å². The van der Waals surface area contributed by atoms with E-state index in [-0.39, 0.29) is 5.91 Å². The lowest BCUT2D eigenvalue weighted by atomic mass is 10.2. The summed E-state index contributed by atoms with van der Waals surface area (Å²) < 4.78 is 0. The lowest BCUT2D eigenvalue weighted by Gasteiger charge is -2.20. The molecule has 2 N–H and O–H groups in total. The van der Waals surface area contributed by atoms with Crippen LogP contribution in [-0.2, 0) is 0 Å². The summed E-state index contributed by atoms with van der Waals surface area (Å²) in [6.45, 7) is 1.23. The summed E-state index contributed by atoms with van der Waals surface area (Å²) in [6.07, 6.45) is 0. The minimum atomic E-state index is -0.0261. The van der Waals surface area contributed by atoms with Crippen LogP contribution in [0, 0.1) is 0 Å². The molecule has 0 aliphatic rings. The third kappa shape index (κ3) is 3.58. The summed E-state index contributed by atoms with van der Waals surface area (Å²) in [5.41, 5.74) is 6.84. The maximum Gasteiger partial charge on any atom is 0.253 e. The molecular weight excluding hydrogens is 201 g/mol. The molecule has 0 unspecified atom stereocenters. The molecule has 0 saturated carbocycles. The highest BCUT2D eigenvalue weighted by Gasteiger charge is 2.10. The number of carbonyl (C=O) groups excluding carboxylic acids is 1. The second-order valence-corrected chi connectivity index (χ2v) is 3.83. The number of carbonyl (C=O) groups is 1. The van der Waals surface area contributed by atoms with Gasteiger partial charge in [-0.1, -0.05) is 0 Å². The molecule has 1 rings (SSSR count). The van der Waals surface area contributed by atoms with Crippen molar-refractivity contribution >= 4 is 19.6 Å². The lowest BCUT2D eigenvalue weighted by molar-refractivity contribution is 0.0791. The molecule has 0 aliphatic heterocycles. The van der Waals surface area contributed by atoms with Crippen LogP contribution in [0.15, 0.2) is 24.3 Å². The average Bonchev–Trinajstić information content (AvgIpc) is 2.26. The average molecular weight is 217 g/mol. The molecule has 2 radical (unpaired) electrons. The molecule has 84 valence electrons. The maximum absolute atomic E-state index is 11.9. The van der Waals surface area contributed by atoms with Crippen molar-refractivity contribution in [1.82, 2.24) is 9.71 Å². The van der Waals surface area contributed by atoms with Gasteiger partial charge in [-0.15, -0.1) is 0 Å². The lowest BCUT2D eigenvalue weighted by Crippen LogP contribution is -2.33. The first-order valence-corrected chi connectivity index (χ1v) is 5.07. The van der Waals surface area contributed by atoms with Crippen LogP contribution in [0.1, 0.15) is 10.4 Å². The molecule has 0 saturated heterocycles. The fraction of sp³-hybridized carbons (Fsp3) is 0.364. The molecule has 0 aliphatic carbocycles. The predicted octanol–water partition coefficient (Wildman–Crippen LogP) is 0.356. The van der Waals surface area contributed by atoms with Gasteiger partial charge in [-0.05, 0) is 31.3 Å². The molecule has 0 heterocycles. The quantitative estimate of drug-likeness (QED) is 0.585. The Morgan fingerprint density at radius 1 is 1.25 bits per heavy atom. The van der Waals surface area contributed by atoms with Crippen molar-refractivity contribution in [3.05, 3.63) is 29.8 Å². The van der Waals surface area contributed by atoms with Crippen LogP contribution < -0.4 is 5.73 Å². The molecule has 0 bridgehead atoms. The minimum Gasteiger partial charge on any atom is -0.399 e. The highest BCUT2D eigenvalue weighted by molar-refractivity contribution is 6.04. The summed E-state index contributed by atoms with van der Waals surface area (Å²) in [5.74, 6) is -0.0261. The van der Waals surface area contributed by atoms with E-state index >= 15 is 0 Å². The number of nitrogen functional groups attached to an aromatic ring is 1. The van der Waals surface area contributed by atoms with E-state index in [1.165, 1.54) is 0 Å². The van der Waals surface area contributed by atoms with E-state index in [1.807, 2.05) is 0 Å². The van der Waals surface area contributed by atoms with E-state index in [9.17, 15) is 4.79 Å². The number of hydrogen-bond donors (Lipinski definition) is 1. The van der Waals surface area contributed by atoms with E-state index in [1.54, 1.807) is 48.1 Å².